The van der Waals surface area contributed by atoms with E-state index in [0.29, 0.717) is 23.3 Å². The molecular formula is C11H16ClNO2S. The topological polar surface area (TPSA) is 42.2 Å². The molecule has 0 aliphatic rings. The van der Waals surface area contributed by atoms with E-state index >= 15 is 0 Å². The average molecular weight is 262 g/mol. The lowest BCUT2D eigenvalue weighted by atomic mass is 10.4. The summed E-state index contributed by atoms with van der Waals surface area (Å²) < 4.78 is 5.22. The summed E-state index contributed by atoms with van der Waals surface area (Å²) in [5.74, 6) is 1.96. The number of carbonyl (C=O) groups excluding carboxylic acids is 1. The van der Waals surface area contributed by atoms with Crippen molar-refractivity contribution in [3.63, 3.8) is 0 Å². The predicted octanol–water partition coefficient (Wildman–Crippen LogP) is 2.89. The first-order chi connectivity index (χ1) is 7.63. The second kappa shape index (κ2) is 6.86. The molecule has 0 radical (unpaired) electrons. The van der Waals surface area contributed by atoms with Gasteiger partial charge in [0.05, 0.1) is 5.88 Å². The smallest absolute Gasteiger partial charge is 0.287 e. The predicted molar refractivity (Wildman–Crippen MR) is 68.2 cm³/mol. The van der Waals surface area contributed by atoms with Crippen LogP contribution >= 0.6 is 23.4 Å². The molecule has 0 spiro atoms. The van der Waals surface area contributed by atoms with E-state index < -0.39 is 0 Å². The maximum atomic E-state index is 11.6. The standard InChI is InChI=1S/C11H16ClNO2S/c1-8(2)16-6-5-13-11(14)10-4-3-9(7-12)15-10/h3-4,8H,5-7H2,1-2H3,(H,13,14). The maximum absolute atomic E-state index is 11.6. The lowest BCUT2D eigenvalue weighted by Crippen LogP contribution is -2.25. The highest BCUT2D eigenvalue weighted by Crippen LogP contribution is 2.10. The number of rotatable bonds is 6. The van der Waals surface area contributed by atoms with Crippen LogP contribution in [0.4, 0.5) is 0 Å². The highest BCUT2D eigenvalue weighted by molar-refractivity contribution is 7.99. The molecule has 0 aliphatic heterocycles. The molecule has 0 atom stereocenters. The summed E-state index contributed by atoms with van der Waals surface area (Å²) in [6.45, 7) is 4.91. The Morgan fingerprint density at radius 2 is 2.31 bits per heavy atom. The van der Waals surface area contributed by atoms with Gasteiger partial charge in [0.15, 0.2) is 5.76 Å². The fourth-order valence-corrected chi connectivity index (χ4v) is 1.95. The molecule has 1 aromatic rings. The van der Waals surface area contributed by atoms with Crippen molar-refractivity contribution in [2.45, 2.75) is 25.0 Å². The van der Waals surface area contributed by atoms with Gasteiger partial charge in [-0.05, 0) is 17.4 Å². The molecule has 1 aromatic heterocycles. The molecule has 1 amide bonds. The van der Waals surface area contributed by atoms with Gasteiger partial charge in [0.25, 0.3) is 5.91 Å². The number of amides is 1. The Labute approximate surface area is 105 Å². The van der Waals surface area contributed by atoms with Crippen molar-refractivity contribution < 1.29 is 9.21 Å². The number of furan rings is 1. The third-order valence-electron chi connectivity index (χ3n) is 1.86. The molecule has 0 saturated carbocycles. The zero-order valence-corrected chi connectivity index (χ0v) is 11.0. The van der Waals surface area contributed by atoms with Gasteiger partial charge in [-0.15, -0.1) is 11.6 Å². The highest BCUT2D eigenvalue weighted by Gasteiger charge is 2.09. The Bertz CT molecular complexity index is 338. The summed E-state index contributed by atoms with van der Waals surface area (Å²) in [6.07, 6.45) is 0. The second-order valence-electron chi connectivity index (χ2n) is 3.58. The molecule has 5 heteroatoms. The van der Waals surface area contributed by atoms with Crippen molar-refractivity contribution in [2.24, 2.45) is 0 Å². The van der Waals surface area contributed by atoms with Crippen molar-refractivity contribution in [2.75, 3.05) is 12.3 Å². The fourth-order valence-electron chi connectivity index (χ4n) is 1.12. The normalized spacial score (nSPS) is 10.8. The minimum Gasteiger partial charge on any atom is -0.455 e. The molecule has 3 nitrogen and oxygen atoms in total. The van der Waals surface area contributed by atoms with Gasteiger partial charge in [-0.1, -0.05) is 13.8 Å². The van der Waals surface area contributed by atoms with Crippen LogP contribution in [-0.4, -0.2) is 23.5 Å². The first-order valence-corrected chi connectivity index (χ1v) is 6.76. The van der Waals surface area contributed by atoms with Crippen molar-refractivity contribution >= 4 is 29.3 Å². The van der Waals surface area contributed by atoms with E-state index in [1.165, 1.54) is 0 Å². The zero-order chi connectivity index (χ0) is 12.0. The van der Waals surface area contributed by atoms with Crippen molar-refractivity contribution in [1.29, 1.82) is 0 Å². The van der Waals surface area contributed by atoms with Crippen molar-refractivity contribution in [3.8, 4) is 0 Å². The van der Waals surface area contributed by atoms with Crippen LogP contribution in [0.15, 0.2) is 16.5 Å². The lowest BCUT2D eigenvalue weighted by molar-refractivity contribution is 0.0927. The third kappa shape index (κ3) is 4.49. The minimum atomic E-state index is -0.180. The number of alkyl halides is 1. The average Bonchev–Trinajstić information content (AvgIpc) is 2.72. The Balaban J connectivity index is 2.29. The van der Waals surface area contributed by atoms with Gasteiger partial charge < -0.3 is 9.73 Å². The van der Waals surface area contributed by atoms with Crippen LogP contribution in [0, 0.1) is 0 Å². The molecule has 0 unspecified atom stereocenters. The Kier molecular flexibility index (Phi) is 5.77. The molecule has 0 fully saturated rings. The van der Waals surface area contributed by atoms with Crippen molar-refractivity contribution in [3.05, 3.63) is 23.7 Å². The van der Waals surface area contributed by atoms with Gasteiger partial charge in [-0.2, -0.15) is 11.8 Å². The van der Waals surface area contributed by atoms with Gasteiger partial charge in [0, 0.05) is 12.3 Å². The van der Waals surface area contributed by atoms with Crippen LogP contribution in [-0.2, 0) is 5.88 Å². The number of thioether (sulfide) groups is 1. The Morgan fingerprint density at radius 1 is 1.56 bits per heavy atom. The maximum Gasteiger partial charge on any atom is 0.287 e. The van der Waals surface area contributed by atoms with Crippen LogP contribution in [0.2, 0.25) is 0 Å². The fraction of sp³-hybridized carbons (Fsp3) is 0.545. The summed E-state index contributed by atoms with van der Waals surface area (Å²) in [4.78, 5) is 11.6. The monoisotopic (exact) mass is 261 g/mol. The number of carbonyl (C=O) groups is 1. The largest absolute Gasteiger partial charge is 0.455 e. The van der Waals surface area contributed by atoms with E-state index in [-0.39, 0.29) is 11.8 Å². The second-order valence-corrected chi connectivity index (χ2v) is 5.53. The molecule has 16 heavy (non-hydrogen) atoms. The quantitative estimate of drug-likeness (QED) is 0.632. The minimum absolute atomic E-state index is 0.180. The summed E-state index contributed by atoms with van der Waals surface area (Å²) in [6, 6.07) is 3.35. The van der Waals surface area contributed by atoms with E-state index in [2.05, 4.69) is 19.2 Å². The number of hydrogen-bond acceptors (Lipinski definition) is 3. The van der Waals surface area contributed by atoms with Gasteiger partial charge in [-0.25, -0.2) is 0 Å². The first-order valence-electron chi connectivity index (χ1n) is 5.18. The number of nitrogens with one attached hydrogen (secondary N) is 1. The van der Waals surface area contributed by atoms with E-state index in [1.54, 1.807) is 12.1 Å². The molecule has 1 N–H and O–H groups in total. The molecule has 1 heterocycles. The summed E-state index contributed by atoms with van der Waals surface area (Å²) in [7, 11) is 0. The molecule has 1 rings (SSSR count). The van der Waals surface area contributed by atoms with Crippen LogP contribution in [0.1, 0.15) is 30.2 Å². The van der Waals surface area contributed by atoms with E-state index in [9.17, 15) is 4.79 Å². The molecular weight excluding hydrogens is 246 g/mol. The first kappa shape index (κ1) is 13.5. The van der Waals surface area contributed by atoms with Crippen LogP contribution in [0.5, 0.6) is 0 Å². The highest BCUT2D eigenvalue weighted by atomic mass is 35.5. The molecule has 0 aliphatic carbocycles. The van der Waals surface area contributed by atoms with Crippen LogP contribution in [0.3, 0.4) is 0 Å². The van der Waals surface area contributed by atoms with Gasteiger partial charge >= 0.3 is 0 Å². The Morgan fingerprint density at radius 3 is 2.88 bits per heavy atom. The summed E-state index contributed by atoms with van der Waals surface area (Å²) in [5.41, 5.74) is 0. The van der Waals surface area contributed by atoms with Crippen molar-refractivity contribution in [1.82, 2.24) is 5.32 Å². The van der Waals surface area contributed by atoms with E-state index in [1.807, 2.05) is 11.8 Å². The Hall–Kier alpha value is -0.610. The summed E-state index contributed by atoms with van der Waals surface area (Å²) in [5, 5.41) is 3.38. The third-order valence-corrected chi connectivity index (χ3v) is 3.23. The van der Waals surface area contributed by atoms with Gasteiger partial charge in [0.2, 0.25) is 0 Å². The van der Waals surface area contributed by atoms with E-state index in [0.717, 1.165) is 5.75 Å². The molecule has 0 saturated heterocycles. The zero-order valence-electron chi connectivity index (χ0n) is 9.46. The molecule has 0 aromatic carbocycles. The molecule has 0 bridgehead atoms. The lowest BCUT2D eigenvalue weighted by Gasteiger charge is -2.05. The van der Waals surface area contributed by atoms with Gasteiger partial charge in [-0.3, -0.25) is 4.79 Å². The SMILES string of the molecule is CC(C)SCCNC(=O)c1ccc(CCl)o1. The number of halogens is 1. The van der Waals surface area contributed by atoms with Gasteiger partial charge in [0.1, 0.15) is 5.76 Å². The van der Waals surface area contributed by atoms with E-state index in [4.69, 9.17) is 16.0 Å². The molecule has 90 valence electrons. The number of hydrogen-bond donors (Lipinski definition) is 1. The summed E-state index contributed by atoms with van der Waals surface area (Å²) >= 11 is 7.39. The van der Waals surface area contributed by atoms with Crippen LogP contribution < -0.4 is 5.32 Å². The van der Waals surface area contributed by atoms with Crippen LogP contribution in [0.25, 0.3) is 0 Å².